The molecule has 2 heterocycles. The minimum Gasteiger partial charge on any atom is -0.352 e. The fourth-order valence-electron chi connectivity index (χ4n) is 3.90. The third-order valence-corrected chi connectivity index (χ3v) is 5.53. The molecule has 6 heteroatoms. The molecule has 0 radical (unpaired) electrons. The van der Waals surface area contributed by atoms with E-state index in [1.807, 2.05) is 6.20 Å². The second kappa shape index (κ2) is 8.03. The molecule has 27 heavy (non-hydrogen) atoms. The third-order valence-electron chi connectivity index (χ3n) is 5.53. The van der Waals surface area contributed by atoms with Crippen LogP contribution < -0.4 is 10.2 Å². The van der Waals surface area contributed by atoms with Crippen LogP contribution in [0.1, 0.15) is 42.5 Å². The highest BCUT2D eigenvalue weighted by atomic mass is 19.1. The smallest absolute Gasteiger partial charge is 0.225 e. The molecule has 142 valence electrons. The number of piperidine rings is 1. The molecule has 1 fully saturated rings. The van der Waals surface area contributed by atoms with Crippen molar-refractivity contribution in [2.45, 2.75) is 45.1 Å². The van der Waals surface area contributed by atoms with Gasteiger partial charge in [0.15, 0.2) is 0 Å². The lowest BCUT2D eigenvalue weighted by Gasteiger charge is -2.28. The topological polar surface area (TPSA) is 58.1 Å². The fraction of sp³-hybridized carbons (Fsp3) is 0.476. The molecule has 1 aromatic carbocycles. The van der Waals surface area contributed by atoms with Crippen molar-refractivity contribution in [2.75, 3.05) is 18.0 Å². The molecule has 0 unspecified atom stereocenters. The summed E-state index contributed by atoms with van der Waals surface area (Å²) in [6, 6.07) is 6.22. The first-order valence-corrected chi connectivity index (χ1v) is 9.81. The molecule has 1 aliphatic heterocycles. The van der Waals surface area contributed by atoms with E-state index in [4.69, 9.17) is 4.98 Å². The first-order chi connectivity index (χ1) is 13.2. The number of nitrogens with one attached hydrogen (secondary N) is 1. The molecule has 2 aliphatic rings. The molecular formula is C21H25FN4O. The molecule has 1 aromatic heterocycles. The van der Waals surface area contributed by atoms with Gasteiger partial charge in [-0.2, -0.15) is 0 Å². The van der Waals surface area contributed by atoms with Crippen LogP contribution in [0.5, 0.6) is 0 Å². The molecule has 1 amide bonds. The first kappa shape index (κ1) is 17.9. The molecule has 1 atom stereocenters. The Morgan fingerprint density at radius 3 is 2.74 bits per heavy atom. The largest absolute Gasteiger partial charge is 0.352 e. The number of benzene rings is 1. The lowest BCUT2D eigenvalue weighted by Crippen LogP contribution is -2.35. The zero-order valence-electron chi connectivity index (χ0n) is 15.5. The van der Waals surface area contributed by atoms with Gasteiger partial charge in [0.2, 0.25) is 11.9 Å². The standard InChI is InChI=1S/C21H25FN4O/c22-18-7-4-15(5-8-18)13-23-20(27)16-6-9-19-17(12-16)14-24-21(25-19)26-10-2-1-3-11-26/h4-5,7-8,14,16H,1-3,6,9-13H2,(H,23,27)/t16-/m0/s1. The van der Waals surface area contributed by atoms with Crippen molar-refractivity contribution in [3.05, 3.63) is 53.1 Å². The van der Waals surface area contributed by atoms with E-state index in [2.05, 4.69) is 15.2 Å². The Balaban J connectivity index is 1.36. The number of anilines is 1. The zero-order chi connectivity index (χ0) is 18.6. The van der Waals surface area contributed by atoms with Gasteiger partial charge in [-0.15, -0.1) is 0 Å². The number of aryl methyl sites for hydroxylation is 1. The van der Waals surface area contributed by atoms with Crippen LogP contribution in [-0.2, 0) is 24.2 Å². The van der Waals surface area contributed by atoms with Crippen molar-refractivity contribution in [3.8, 4) is 0 Å². The quantitative estimate of drug-likeness (QED) is 0.901. The molecule has 0 bridgehead atoms. The van der Waals surface area contributed by atoms with E-state index < -0.39 is 0 Å². The van der Waals surface area contributed by atoms with Crippen LogP contribution in [0, 0.1) is 11.7 Å². The van der Waals surface area contributed by atoms with E-state index in [1.54, 1.807) is 12.1 Å². The molecule has 1 N–H and O–H groups in total. The van der Waals surface area contributed by atoms with Gasteiger partial charge >= 0.3 is 0 Å². The normalized spacial score (nSPS) is 19.4. The summed E-state index contributed by atoms with van der Waals surface area (Å²) < 4.78 is 13.0. The molecule has 1 aliphatic carbocycles. The summed E-state index contributed by atoms with van der Waals surface area (Å²) in [6.45, 7) is 2.49. The molecule has 2 aromatic rings. The maximum absolute atomic E-state index is 13.0. The summed E-state index contributed by atoms with van der Waals surface area (Å²) in [6.07, 6.45) is 7.91. The molecule has 4 rings (SSSR count). The van der Waals surface area contributed by atoms with E-state index in [0.29, 0.717) is 13.0 Å². The van der Waals surface area contributed by atoms with Gasteiger partial charge in [-0.25, -0.2) is 14.4 Å². The van der Waals surface area contributed by atoms with Gasteiger partial charge in [0, 0.05) is 37.4 Å². The van der Waals surface area contributed by atoms with Gasteiger partial charge in [0.05, 0.1) is 0 Å². The van der Waals surface area contributed by atoms with Gasteiger partial charge < -0.3 is 10.2 Å². The zero-order valence-corrected chi connectivity index (χ0v) is 15.5. The van der Waals surface area contributed by atoms with E-state index in [1.165, 1.54) is 31.4 Å². The average molecular weight is 368 g/mol. The second-order valence-corrected chi connectivity index (χ2v) is 7.47. The lowest BCUT2D eigenvalue weighted by molar-refractivity contribution is -0.125. The molecule has 0 saturated carbocycles. The van der Waals surface area contributed by atoms with Gasteiger partial charge in [0.1, 0.15) is 5.82 Å². The van der Waals surface area contributed by atoms with E-state index in [9.17, 15) is 9.18 Å². The summed E-state index contributed by atoms with van der Waals surface area (Å²) in [5.41, 5.74) is 3.08. The third kappa shape index (κ3) is 4.26. The van der Waals surface area contributed by atoms with E-state index in [-0.39, 0.29) is 17.6 Å². The molecule has 1 saturated heterocycles. The van der Waals surface area contributed by atoms with Crippen LogP contribution in [0.2, 0.25) is 0 Å². The fourth-order valence-corrected chi connectivity index (χ4v) is 3.90. The van der Waals surface area contributed by atoms with Gasteiger partial charge in [-0.3, -0.25) is 4.79 Å². The highest BCUT2D eigenvalue weighted by molar-refractivity contribution is 5.79. The van der Waals surface area contributed by atoms with Crippen LogP contribution >= 0.6 is 0 Å². The summed E-state index contributed by atoms with van der Waals surface area (Å²) in [5.74, 6) is 0.568. The Morgan fingerprint density at radius 1 is 1.19 bits per heavy atom. The highest BCUT2D eigenvalue weighted by Gasteiger charge is 2.26. The summed E-state index contributed by atoms with van der Waals surface area (Å²) in [7, 11) is 0. The molecule has 0 spiro atoms. The van der Waals surface area contributed by atoms with Gasteiger partial charge in [-0.1, -0.05) is 12.1 Å². The van der Waals surface area contributed by atoms with E-state index >= 15 is 0 Å². The average Bonchev–Trinajstić information content (AvgIpc) is 2.73. The number of carbonyl (C=O) groups is 1. The lowest BCUT2D eigenvalue weighted by atomic mass is 9.86. The van der Waals surface area contributed by atoms with Crippen LogP contribution in [0.25, 0.3) is 0 Å². The summed E-state index contributed by atoms with van der Waals surface area (Å²) >= 11 is 0. The van der Waals surface area contributed by atoms with Gasteiger partial charge in [-0.05, 0) is 61.8 Å². The predicted molar refractivity (Wildman–Crippen MR) is 102 cm³/mol. The Kier molecular flexibility index (Phi) is 5.32. The number of halogens is 1. The monoisotopic (exact) mass is 368 g/mol. The van der Waals surface area contributed by atoms with Crippen molar-refractivity contribution < 1.29 is 9.18 Å². The van der Waals surface area contributed by atoms with Crippen LogP contribution in [0.3, 0.4) is 0 Å². The number of fused-ring (bicyclic) bond motifs is 1. The number of carbonyl (C=O) groups excluding carboxylic acids is 1. The maximum atomic E-state index is 13.0. The number of nitrogens with zero attached hydrogens (tertiary/aromatic N) is 3. The maximum Gasteiger partial charge on any atom is 0.225 e. The van der Waals surface area contributed by atoms with Crippen LogP contribution in [0.4, 0.5) is 10.3 Å². The Bertz CT molecular complexity index is 802. The van der Waals surface area contributed by atoms with Crippen molar-refractivity contribution in [1.29, 1.82) is 0 Å². The minimum absolute atomic E-state index is 0.0464. The number of hydrogen-bond acceptors (Lipinski definition) is 4. The van der Waals surface area contributed by atoms with Gasteiger partial charge in [0.25, 0.3) is 0 Å². The Hall–Kier alpha value is -2.50. The SMILES string of the molecule is O=C(NCc1ccc(F)cc1)[C@H]1CCc2nc(N3CCCCC3)ncc2C1. The number of rotatable bonds is 4. The molecular weight excluding hydrogens is 343 g/mol. The van der Waals surface area contributed by atoms with Crippen molar-refractivity contribution >= 4 is 11.9 Å². The van der Waals surface area contributed by atoms with Crippen molar-refractivity contribution in [3.63, 3.8) is 0 Å². The Labute approximate surface area is 159 Å². The highest BCUT2D eigenvalue weighted by Crippen LogP contribution is 2.26. The summed E-state index contributed by atoms with van der Waals surface area (Å²) in [5, 5.41) is 2.97. The van der Waals surface area contributed by atoms with Crippen LogP contribution in [-0.4, -0.2) is 29.0 Å². The summed E-state index contributed by atoms with van der Waals surface area (Å²) in [4.78, 5) is 24.1. The molecule has 5 nitrogen and oxygen atoms in total. The number of amides is 1. The predicted octanol–water partition coefficient (Wildman–Crippen LogP) is 3.03. The Morgan fingerprint density at radius 2 is 1.96 bits per heavy atom. The minimum atomic E-state index is -0.266. The number of hydrogen-bond donors (Lipinski definition) is 1. The first-order valence-electron chi connectivity index (χ1n) is 9.81. The second-order valence-electron chi connectivity index (χ2n) is 7.47. The van der Waals surface area contributed by atoms with Crippen LogP contribution in [0.15, 0.2) is 30.5 Å². The van der Waals surface area contributed by atoms with Crippen molar-refractivity contribution in [2.24, 2.45) is 5.92 Å². The number of aromatic nitrogens is 2. The van der Waals surface area contributed by atoms with E-state index in [0.717, 1.165) is 48.7 Å². The van der Waals surface area contributed by atoms with Crippen molar-refractivity contribution in [1.82, 2.24) is 15.3 Å².